The van der Waals surface area contributed by atoms with Gasteiger partial charge in [-0.25, -0.2) is 33.5 Å². The van der Waals surface area contributed by atoms with Crippen LogP contribution in [0.2, 0.25) is 0 Å². The molecule has 499 valence electrons. The molecule has 2 rings (SSSR count). The van der Waals surface area contributed by atoms with Gasteiger partial charge in [-0.3, -0.25) is 0 Å². The maximum Gasteiger partial charge on any atom is 0.408 e. The van der Waals surface area contributed by atoms with E-state index in [4.69, 9.17) is 35.1 Å². The highest BCUT2D eigenvalue weighted by molar-refractivity contribution is 7.84. The fraction of sp³-hybridized carbons (Fsp3) is 1.00. The second kappa shape index (κ2) is 56.4. The molecular weight excluding hydrogens is 1510 g/mol. The molecule has 0 aromatic carbocycles. The summed E-state index contributed by atoms with van der Waals surface area (Å²) in [5.74, 6) is -3.80. The lowest BCUT2D eigenvalue weighted by molar-refractivity contribution is -0.374. The smallest absolute Gasteiger partial charge is 0.408 e. The molecule has 0 aromatic heterocycles. The fourth-order valence-electron chi connectivity index (χ4n) is 4.41. The van der Waals surface area contributed by atoms with E-state index in [1.807, 2.05) is 0 Å². The summed E-state index contributed by atoms with van der Waals surface area (Å²) in [5.41, 5.74) is 0. The lowest BCUT2D eigenvalue weighted by atomic mass is 9.99. The second-order valence-electron chi connectivity index (χ2n) is 10.3. The average molecular weight is 1560 g/mol. The first-order valence-corrected chi connectivity index (χ1v) is 28.5. The molecule has 2 aliphatic rings. The van der Waals surface area contributed by atoms with Crippen LogP contribution in [-0.2, 0) is 157 Å². The third kappa shape index (κ3) is 44.2. The zero-order valence-electron chi connectivity index (χ0n) is 39.5. The molecule has 2 aliphatic heterocycles. The Kier molecular flexibility index (Phi) is 94.0. The molecule has 0 aromatic rings. The minimum Gasteiger partial charge on any atom is -0.412 e. The second-order valence-corrected chi connectivity index (χ2v) is 24.6. The van der Waals surface area contributed by atoms with Crippen molar-refractivity contribution in [2.45, 2.75) is 54.8 Å². The van der Waals surface area contributed by atoms with E-state index in [1.54, 1.807) is 0 Å². The molecule has 9 atom stereocenters. The van der Waals surface area contributed by atoms with E-state index in [9.17, 15) is 67.3 Å². The van der Waals surface area contributed by atoms with E-state index < -0.39 is 158 Å². The monoisotopic (exact) mass is 1560 g/mol. The van der Waals surface area contributed by atoms with Gasteiger partial charge in [-0.15, -0.1) is 0 Å². The Morgan fingerprint density at radius 2 is 0.566 bits per heavy atom. The largest absolute Gasteiger partial charge is 0.412 e. The summed E-state index contributed by atoms with van der Waals surface area (Å²) in [6.07, 6.45) is -23.4. The number of hydrogen-bond acceptors (Lipinski definition) is 35. The molecule has 0 saturated carbocycles. The number of hydrogen-bond donors (Lipinski definition) is 0. The average Bonchev–Trinajstić information content (AvgIpc) is 3.47. The molecule has 19 radical (unpaired) electrons. The molecule has 0 aliphatic carbocycles. The van der Waals surface area contributed by atoms with Crippen LogP contribution in [0.4, 0.5) is 0 Å². The molecule has 2 fully saturated rings. The van der Waals surface area contributed by atoms with Crippen LogP contribution in [0.5, 0.6) is 0 Å². The first-order chi connectivity index (χ1) is 28.7. The van der Waals surface area contributed by atoms with Crippen molar-refractivity contribution in [2.75, 3.05) is 19.8 Å². The zero-order chi connectivity index (χ0) is 48.7. The van der Waals surface area contributed by atoms with Gasteiger partial charge in [-0.2, -0.15) is 67.3 Å². The summed E-state index contributed by atoms with van der Waals surface area (Å²) >= 11 is 9.26. The molecule has 0 bridgehead atoms. The first-order valence-electron chi connectivity index (χ1n) is 14.1. The van der Waals surface area contributed by atoms with Gasteiger partial charge in [-0.1, -0.05) is 0 Å². The van der Waals surface area contributed by atoms with Crippen molar-refractivity contribution in [1.82, 2.24) is 0 Å². The SMILES string of the molecule is O.O.O.O.O.O.O.O.O.O.O.O.O.O.O.O.O.O.O.O=S(=O)([O][Al])OC[C@H]1O[C@@](COS(=O)(=O)[O][Al])(O[C@H]2O[C@H](COS(=O)(=O)[O][Al])[C@@H](OS(=O)(=O)[O][Al])[C@H](OS(=O)(=O)[O][Al])[C@H]2OS(=O)(=O)[O][Al])[C@@H](OS(=O)(=O)[O][Al])[C@@H]1OS(=O)(=O)[O][Al].[Al]. The quantitative estimate of drug-likeness (QED) is 0.0628. The standard InChI is InChI=1S/C12H22O35S8.9Al.19H2O/c13-48(14,15)37-1-4-6(43-51(22,23)24)8(45-53(28,29)30)9(46-54(31,32)33)11(40-4)42-12(3-39-50(19,20)21)10(47-55(34,35)36)7(44-52(25,26)27)5(41-12)2-38-49(16,17)18;;;;;;;;;;;;;;;;;;;;;;;;;;;;/h4-11H,1-3H2,(H,13,14,15)(H,16,17,18)(H,19,20,21)(H,22,23,24)(H,25,26,27)(H,28,29,30)(H,31,32,33)(H,34,35,36);;;;;;;;;;19*1H2/q;;8*+1;;;;;;;;;;;;;;;;;;;/p-8/t4-,5-,6-,7-,8+,9-,10+,11-,12+;;;;;;;;;;;;;;;;;;;;;;;;;;;;/m1............................/s1. The Balaban J connectivity index is -0.000000120. The zero-order valence-corrected chi connectivity index (χ0v) is 56.4. The van der Waals surface area contributed by atoms with Crippen LogP contribution in [0.25, 0.3) is 0 Å². The molecule has 2 saturated heterocycles. The van der Waals surface area contributed by atoms with Crippen LogP contribution in [-0.4, -0.2) is 396 Å². The van der Waals surface area contributed by atoms with Gasteiger partial charge in [0.25, 0.3) is 0 Å². The molecule has 71 heteroatoms. The summed E-state index contributed by atoms with van der Waals surface area (Å²) in [4.78, 5) is 0. The summed E-state index contributed by atoms with van der Waals surface area (Å²) in [6, 6.07) is 0. The summed E-state index contributed by atoms with van der Waals surface area (Å²) in [7, 11) is -43.7. The van der Waals surface area contributed by atoms with Gasteiger partial charge in [0.1, 0.15) is 37.1 Å². The molecule has 0 spiro atoms. The summed E-state index contributed by atoms with van der Waals surface area (Å²) in [5, 5.41) is 0. The Hall–Kier alpha value is 2.87. The third-order valence-corrected chi connectivity index (χ3v) is 17.7. The van der Waals surface area contributed by atoms with Crippen LogP contribution in [0.15, 0.2) is 0 Å². The van der Waals surface area contributed by atoms with Gasteiger partial charge in [-0.05, 0) is 0 Å². The summed E-state index contributed by atoms with van der Waals surface area (Å²) in [6.45, 7) is -5.31. The predicted octanol–water partition coefficient (Wildman–Crippen LogP) is -26.5. The van der Waals surface area contributed by atoms with Gasteiger partial charge in [0, 0.05) is 17.4 Å². The van der Waals surface area contributed by atoms with Gasteiger partial charge >= 0.3 is 216 Å². The van der Waals surface area contributed by atoms with E-state index in [0.29, 0.717) is 0 Å². The topological polar surface area (TPSA) is 1050 Å². The lowest BCUT2D eigenvalue weighted by Gasteiger charge is -2.46. The highest BCUT2D eigenvalue weighted by atomic mass is 32.3. The molecule has 54 nitrogen and oxygen atoms in total. The number of ether oxygens (including phenoxy) is 3. The Labute approximate surface area is 547 Å². The van der Waals surface area contributed by atoms with Crippen molar-refractivity contribution in [2.24, 2.45) is 0 Å². The van der Waals surface area contributed by atoms with E-state index in [1.165, 1.54) is 33.2 Å². The maximum atomic E-state index is 12.9. The Bertz CT molecular complexity index is 2470. The van der Waals surface area contributed by atoms with E-state index in [-0.39, 0.29) is 121 Å². The molecule has 2 heterocycles. The Morgan fingerprint density at radius 3 is 0.880 bits per heavy atom. The van der Waals surface area contributed by atoms with Crippen molar-refractivity contribution in [1.29, 1.82) is 0 Å². The first kappa shape index (κ1) is 138. The molecule has 83 heavy (non-hydrogen) atoms. The minimum absolute atomic E-state index is 0. The predicted molar refractivity (Wildman–Crippen MR) is 260 cm³/mol. The molecule has 0 unspecified atom stereocenters. The van der Waals surface area contributed by atoms with Crippen LogP contribution in [0.3, 0.4) is 0 Å². The van der Waals surface area contributed by atoms with Crippen molar-refractivity contribution in [3.05, 3.63) is 0 Å². The normalized spacial score (nSPS) is 21.4. The van der Waals surface area contributed by atoms with Crippen molar-refractivity contribution < 1.29 is 245 Å². The molecule has 38 N–H and O–H groups in total. The van der Waals surface area contributed by atoms with E-state index >= 15 is 0 Å². The summed E-state index contributed by atoms with van der Waals surface area (Å²) < 4.78 is 288. The van der Waals surface area contributed by atoms with Gasteiger partial charge in [0.15, 0.2) is 18.5 Å². The van der Waals surface area contributed by atoms with E-state index in [2.05, 4.69) is 38.4 Å². The lowest BCUT2D eigenvalue weighted by Crippen LogP contribution is -2.66. The third-order valence-electron chi connectivity index (χ3n) is 6.59. The highest BCUT2D eigenvalue weighted by Crippen LogP contribution is 2.43. The van der Waals surface area contributed by atoms with E-state index in [0.717, 1.165) is 99.7 Å². The highest BCUT2D eigenvalue weighted by Gasteiger charge is 2.65. The van der Waals surface area contributed by atoms with Crippen molar-refractivity contribution in [3.8, 4) is 0 Å². The van der Waals surface area contributed by atoms with Crippen LogP contribution in [0, 0.1) is 0 Å². The fourth-order valence-corrected chi connectivity index (χ4v) is 9.37. The van der Waals surface area contributed by atoms with Gasteiger partial charge in [0.05, 0.1) is 13.2 Å². The van der Waals surface area contributed by atoms with Gasteiger partial charge in [0.2, 0.25) is 5.79 Å². The van der Waals surface area contributed by atoms with Crippen molar-refractivity contribution in [3.63, 3.8) is 0 Å². The van der Waals surface area contributed by atoms with Crippen LogP contribution in [0.1, 0.15) is 0 Å². The Morgan fingerprint density at radius 1 is 0.313 bits per heavy atom. The van der Waals surface area contributed by atoms with Gasteiger partial charge < -0.3 is 144 Å². The van der Waals surface area contributed by atoms with Crippen LogP contribution >= 0.6 is 0 Å². The van der Waals surface area contributed by atoms with Crippen LogP contribution < -0.4 is 0 Å². The maximum absolute atomic E-state index is 12.9. The van der Waals surface area contributed by atoms with Crippen molar-refractivity contribution >= 4 is 234 Å². The number of rotatable bonds is 29. The minimum atomic E-state index is -5.67. The molecule has 0 amide bonds. The molecular formula is C12H52Al9O54S8.